The van der Waals surface area contributed by atoms with Crippen molar-refractivity contribution >= 4 is 17.9 Å². The Morgan fingerprint density at radius 2 is 0.597 bits per heavy atom. The number of unbranched alkanes of at least 4 members (excludes halogenated alkanes) is 23. The average Bonchev–Trinajstić information content (AvgIpc) is 3.33. The maximum absolute atomic E-state index is 12.8. The normalized spacial score (nSPS) is 13.1. The van der Waals surface area contributed by atoms with E-state index in [1.807, 2.05) is 72.9 Å². The lowest BCUT2D eigenvalue weighted by Crippen LogP contribution is -2.30. The van der Waals surface area contributed by atoms with Crippen LogP contribution in [0.25, 0.3) is 0 Å². The number of ether oxygens (including phenoxy) is 3. The van der Waals surface area contributed by atoms with Crippen molar-refractivity contribution in [3.8, 4) is 0 Å². The molecule has 0 N–H and O–H groups in total. The van der Waals surface area contributed by atoms with E-state index in [-0.39, 0.29) is 37.5 Å². The highest BCUT2D eigenvalue weighted by atomic mass is 16.6. The van der Waals surface area contributed by atoms with Gasteiger partial charge in [0, 0.05) is 19.3 Å². The van der Waals surface area contributed by atoms with Gasteiger partial charge in [-0.05, 0) is 83.5 Å². The van der Waals surface area contributed by atoms with Crippen molar-refractivity contribution in [1.29, 1.82) is 0 Å². The van der Waals surface area contributed by atoms with Gasteiger partial charge in [-0.1, -0.05) is 245 Å². The Balaban J connectivity index is 4.49. The van der Waals surface area contributed by atoms with Crippen LogP contribution in [0.1, 0.15) is 226 Å². The molecule has 0 aliphatic rings. The van der Waals surface area contributed by atoms with Gasteiger partial charge in [0.05, 0.1) is 0 Å². The Labute approximate surface area is 412 Å². The molecule has 0 aromatic heterocycles. The second kappa shape index (κ2) is 54.4. The van der Waals surface area contributed by atoms with Crippen LogP contribution >= 0.6 is 0 Å². The lowest BCUT2D eigenvalue weighted by molar-refractivity contribution is -0.167. The van der Waals surface area contributed by atoms with Crippen molar-refractivity contribution in [2.24, 2.45) is 0 Å². The highest BCUT2D eigenvalue weighted by Crippen LogP contribution is 2.14. The van der Waals surface area contributed by atoms with Gasteiger partial charge in [0.2, 0.25) is 0 Å². The summed E-state index contributed by atoms with van der Waals surface area (Å²) in [4.78, 5) is 38.1. The predicted octanol–water partition coefficient (Wildman–Crippen LogP) is 18.1. The summed E-state index contributed by atoms with van der Waals surface area (Å²) in [6, 6.07) is 0. The molecule has 1 atom stereocenters. The van der Waals surface area contributed by atoms with Crippen LogP contribution in [0.15, 0.2) is 122 Å². The number of carbonyl (C=O) groups excluding carboxylic acids is 3. The molecule has 6 nitrogen and oxygen atoms in total. The molecule has 0 heterocycles. The zero-order valence-electron chi connectivity index (χ0n) is 43.1. The van der Waals surface area contributed by atoms with Gasteiger partial charge < -0.3 is 14.2 Å². The molecule has 0 saturated carbocycles. The van der Waals surface area contributed by atoms with E-state index in [2.05, 4.69) is 69.4 Å². The average molecular weight is 927 g/mol. The van der Waals surface area contributed by atoms with E-state index in [0.29, 0.717) is 19.3 Å². The van der Waals surface area contributed by atoms with Gasteiger partial charge in [-0.15, -0.1) is 0 Å². The van der Waals surface area contributed by atoms with Crippen LogP contribution in [0.2, 0.25) is 0 Å². The monoisotopic (exact) mass is 927 g/mol. The van der Waals surface area contributed by atoms with E-state index < -0.39 is 6.10 Å². The van der Waals surface area contributed by atoms with E-state index in [1.54, 1.807) is 0 Å². The molecule has 6 heteroatoms. The van der Waals surface area contributed by atoms with Gasteiger partial charge in [0.1, 0.15) is 13.2 Å². The smallest absolute Gasteiger partial charge is 0.306 e. The van der Waals surface area contributed by atoms with Crippen LogP contribution in [0.5, 0.6) is 0 Å². The predicted molar refractivity (Wildman–Crippen MR) is 288 cm³/mol. The lowest BCUT2D eigenvalue weighted by atomic mass is 10.1. The summed E-state index contributed by atoms with van der Waals surface area (Å²) in [5, 5.41) is 0. The third-order valence-corrected chi connectivity index (χ3v) is 11.2. The van der Waals surface area contributed by atoms with Crippen molar-refractivity contribution in [2.45, 2.75) is 232 Å². The van der Waals surface area contributed by atoms with Crippen molar-refractivity contribution in [3.63, 3.8) is 0 Å². The van der Waals surface area contributed by atoms with Crippen molar-refractivity contribution < 1.29 is 28.6 Å². The summed E-state index contributed by atoms with van der Waals surface area (Å²) >= 11 is 0. The quantitative estimate of drug-likeness (QED) is 0.0199. The minimum absolute atomic E-state index is 0.109. The molecule has 0 saturated heterocycles. The van der Waals surface area contributed by atoms with E-state index in [1.165, 1.54) is 89.9 Å². The Morgan fingerprint density at radius 3 is 0.970 bits per heavy atom. The summed E-state index contributed by atoms with van der Waals surface area (Å²) < 4.78 is 16.8. The zero-order valence-corrected chi connectivity index (χ0v) is 43.1. The van der Waals surface area contributed by atoms with Gasteiger partial charge in [0.15, 0.2) is 6.10 Å². The largest absolute Gasteiger partial charge is 0.462 e. The molecule has 0 spiro atoms. The first-order valence-corrected chi connectivity index (χ1v) is 27.2. The molecule has 0 radical (unpaired) electrons. The molecule has 378 valence electrons. The molecule has 0 bridgehead atoms. The van der Waals surface area contributed by atoms with Crippen molar-refractivity contribution in [2.75, 3.05) is 13.2 Å². The molecule has 0 amide bonds. The number of hydrogen-bond acceptors (Lipinski definition) is 6. The Kier molecular flexibility index (Phi) is 51.0. The summed E-state index contributed by atoms with van der Waals surface area (Å²) in [7, 11) is 0. The molecule has 0 rings (SSSR count). The van der Waals surface area contributed by atoms with Crippen molar-refractivity contribution in [3.05, 3.63) is 122 Å². The van der Waals surface area contributed by atoms with Gasteiger partial charge in [-0.25, -0.2) is 0 Å². The van der Waals surface area contributed by atoms with E-state index >= 15 is 0 Å². The van der Waals surface area contributed by atoms with E-state index in [4.69, 9.17) is 14.2 Å². The summed E-state index contributed by atoms with van der Waals surface area (Å²) in [5.41, 5.74) is 0. The lowest BCUT2D eigenvalue weighted by Gasteiger charge is -2.18. The van der Waals surface area contributed by atoms with Gasteiger partial charge in [-0.3, -0.25) is 14.4 Å². The van der Waals surface area contributed by atoms with Gasteiger partial charge in [0.25, 0.3) is 0 Å². The second-order valence-electron chi connectivity index (χ2n) is 17.6. The first kappa shape index (κ1) is 62.8. The van der Waals surface area contributed by atoms with Crippen LogP contribution in [0, 0.1) is 0 Å². The number of hydrogen-bond donors (Lipinski definition) is 0. The third kappa shape index (κ3) is 52.6. The van der Waals surface area contributed by atoms with E-state index in [9.17, 15) is 14.4 Å². The molecule has 0 aliphatic heterocycles. The topological polar surface area (TPSA) is 78.9 Å². The fourth-order valence-corrected chi connectivity index (χ4v) is 7.11. The molecule has 0 aromatic rings. The van der Waals surface area contributed by atoms with Gasteiger partial charge >= 0.3 is 17.9 Å². The number of rotatable bonds is 47. The van der Waals surface area contributed by atoms with Crippen LogP contribution in [-0.4, -0.2) is 37.2 Å². The SMILES string of the molecule is CC\C=C/C=C\C=C/C=C\C=C/CCCCCC(=O)OC(COC(=O)CCCCCCC\C=C/C=C\C=C/C=C\CC)COC(=O)CCCCCCCCC/C=C\CCCCCCCCCC. The number of carbonyl (C=O) groups is 3. The number of allylic oxidation sites excluding steroid dienone is 20. The highest BCUT2D eigenvalue weighted by Gasteiger charge is 2.19. The number of esters is 3. The van der Waals surface area contributed by atoms with Crippen LogP contribution in [-0.2, 0) is 28.6 Å². The standard InChI is InChI=1S/C61H98O6/c1-4-7-10-13-16-19-22-25-28-29-30-31-34-36-39-42-45-48-51-54-60(63)66-57-58(67-61(64)55-52-49-46-43-40-37-33-27-24-21-18-15-12-9-6-3)56-65-59(62)53-50-47-44-41-38-35-32-26-23-20-17-14-11-8-5-2/h8-9,11-12,14-15,17-18,20-21,23-24,26-27,29-30,32-33,37,40,58H,4-7,10,13,16,19,22,25,28,31,34-36,38-39,41-57H2,1-3H3/b11-8-,12-9-,17-14-,18-15-,23-20-,24-21-,30-29-,32-26-,33-27-,40-37-. The first-order valence-electron chi connectivity index (χ1n) is 27.2. The summed E-state index contributed by atoms with van der Waals surface area (Å²) in [5.74, 6) is -0.984. The Hall–Kier alpha value is -4.19. The third-order valence-electron chi connectivity index (χ3n) is 11.2. The first-order chi connectivity index (χ1) is 33.0. The molecular weight excluding hydrogens is 829 g/mol. The molecule has 1 unspecified atom stereocenters. The van der Waals surface area contributed by atoms with Crippen LogP contribution in [0.3, 0.4) is 0 Å². The highest BCUT2D eigenvalue weighted by molar-refractivity contribution is 5.71. The molecule has 67 heavy (non-hydrogen) atoms. The molecule has 0 aliphatic carbocycles. The second-order valence-corrected chi connectivity index (χ2v) is 17.6. The summed E-state index contributed by atoms with van der Waals surface area (Å²) in [6.07, 6.45) is 74.7. The Morgan fingerprint density at radius 1 is 0.313 bits per heavy atom. The van der Waals surface area contributed by atoms with Crippen LogP contribution in [0.4, 0.5) is 0 Å². The minimum Gasteiger partial charge on any atom is -0.462 e. The van der Waals surface area contributed by atoms with Crippen molar-refractivity contribution in [1.82, 2.24) is 0 Å². The fraction of sp³-hybridized carbons (Fsp3) is 0.623. The Bertz CT molecular complexity index is 1440. The fourth-order valence-electron chi connectivity index (χ4n) is 7.11. The molecule has 0 aromatic carbocycles. The maximum atomic E-state index is 12.8. The molecule has 0 fully saturated rings. The maximum Gasteiger partial charge on any atom is 0.306 e. The molecular formula is C61H98O6. The summed E-state index contributed by atoms with van der Waals surface area (Å²) in [6.45, 7) is 6.29. The van der Waals surface area contributed by atoms with Crippen LogP contribution < -0.4 is 0 Å². The van der Waals surface area contributed by atoms with E-state index in [0.717, 1.165) is 89.9 Å². The van der Waals surface area contributed by atoms with Gasteiger partial charge in [-0.2, -0.15) is 0 Å². The zero-order chi connectivity index (χ0) is 48.6. The minimum atomic E-state index is -0.816.